The van der Waals surface area contributed by atoms with Gasteiger partial charge in [-0.05, 0) is 30.6 Å². The second-order valence-corrected chi connectivity index (χ2v) is 7.98. The molecule has 2 bridgehead atoms. The van der Waals surface area contributed by atoms with Crippen LogP contribution in [0.1, 0.15) is 40.0 Å². The van der Waals surface area contributed by atoms with Gasteiger partial charge < -0.3 is 4.74 Å². The summed E-state index contributed by atoms with van der Waals surface area (Å²) in [7, 11) is 0. The Morgan fingerprint density at radius 3 is 2.95 bits per heavy atom. The minimum absolute atomic E-state index is 0.214. The third-order valence-corrected chi connectivity index (χ3v) is 7.32. The molecular weight excluding hydrogens is 238 g/mol. The van der Waals surface area contributed by atoms with Gasteiger partial charge in [0.1, 0.15) is 12.3 Å². The molecule has 0 aromatic rings. The Balaban J connectivity index is 1.55. The molecule has 5 rings (SSSR count). The summed E-state index contributed by atoms with van der Waals surface area (Å²) in [5.74, 6) is 1.27. The van der Waals surface area contributed by atoms with E-state index in [-0.39, 0.29) is 12.3 Å². The Kier molecular flexibility index (Phi) is 1.84. The van der Waals surface area contributed by atoms with Crippen molar-refractivity contribution in [1.29, 1.82) is 0 Å². The first-order chi connectivity index (χ1) is 9.04. The maximum atomic E-state index is 6.56. The molecule has 0 aromatic carbocycles. The maximum Gasteiger partial charge on any atom is 0.140 e. The van der Waals surface area contributed by atoms with E-state index in [0.29, 0.717) is 28.9 Å². The average molecular weight is 261 g/mol. The maximum absolute atomic E-state index is 6.56. The Bertz CT molecular complexity index is 473. The van der Waals surface area contributed by atoms with E-state index >= 15 is 0 Å². The van der Waals surface area contributed by atoms with E-state index in [1.54, 1.807) is 0 Å². The van der Waals surface area contributed by atoms with E-state index in [1.165, 1.54) is 12.8 Å². The fraction of sp³-hybridized carbons (Fsp3) is 0.875. The quantitative estimate of drug-likeness (QED) is 0.626. The van der Waals surface area contributed by atoms with E-state index in [0.717, 1.165) is 12.3 Å². The number of ether oxygens (including phenoxy) is 1. The molecule has 7 atom stereocenters. The monoisotopic (exact) mass is 261 g/mol. The van der Waals surface area contributed by atoms with Gasteiger partial charge in [0.25, 0.3) is 0 Å². The van der Waals surface area contributed by atoms with Crippen LogP contribution in [-0.4, -0.2) is 29.5 Å². The molecule has 0 radical (unpaired) electrons. The minimum Gasteiger partial charge on any atom is -0.355 e. The molecule has 4 fully saturated rings. The number of allylic oxidation sites excluding steroid dienone is 1. The van der Waals surface area contributed by atoms with Crippen LogP contribution in [0, 0.1) is 22.7 Å². The predicted molar refractivity (Wildman–Crippen MR) is 71.0 cm³/mol. The molecule has 19 heavy (non-hydrogen) atoms. The highest BCUT2D eigenvalue weighted by atomic mass is 16.8. The smallest absolute Gasteiger partial charge is 0.140 e. The van der Waals surface area contributed by atoms with Gasteiger partial charge in [0, 0.05) is 11.3 Å². The molecular formula is C16H23NO2. The van der Waals surface area contributed by atoms with Crippen molar-refractivity contribution < 1.29 is 9.57 Å². The molecule has 2 aliphatic heterocycles. The van der Waals surface area contributed by atoms with E-state index in [1.807, 2.05) is 0 Å². The molecule has 5 aliphatic rings. The third kappa shape index (κ3) is 1.03. The summed E-state index contributed by atoms with van der Waals surface area (Å²) in [6.45, 7) is 7.33. The Morgan fingerprint density at radius 2 is 2.11 bits per heavy atom. The van der Waals surface area contributed by atoms with Crippen LogP contribution in [0.2, 0.25) is 0 Å². The molecule has 0 N–H and O–H groups in total. The molecule has 0 unspecified atom stereocenters. The fourth-order valence-corrected chi connectivity index (χ4v) is 5.78. The Labute approximate surface area is 114 Å². The highest BCUT2D eigenvalue weighted by Gasteiger charge is 2.73. The van der Waals surface area contributed by atoms with Crippen LogP contribution in [0.3, 0.4) is 0 Å². The second kappa shape index (κ2) is 3.10. The molecule has 2 saturated heterocycles. The molecule has 104 valence electrons. The summed E-state index contributed by atoms with van der Waals surface area (Å²) in [5.41, 5.74) is 0.710. The van der Waals surface area contributed by atoms with Crippen molar-refractivity contribution in [3.63, 3.8) is 0 Å². The zero-order chi connectivity index (χ0) is 13.0. The van der Waals surface area contributed by atoms with Crippen LogP contribution in [0.5, 0.6) is 0 Å². The van der Waals surface area contributed by atoms with Gasteiger partial charge in [-0.25, -0.2) is 0 Å². The van der Waals surface area contributed by atoms with E-state index in [9.17, 15) is 0 Å². The van der Waals surface area contributed by atoms with Crippen molar-refractivity contribution in [1.82, 2.24) is 5.06 Å². The Morgan fingerprint density at radius 1 is 1.26 bits per heavy atom. The highest BCUT2D eigenvalue weighted by molar-refractivity contribution is 5.21. The summed E-state index contributed by atoms with van der Waals surface area (Å²) >= 11 is 0. The lowest BCUT2D eigenvalue weighted by molar-refractivity contribution is -0.188. The van der Waals surface area contributed by atoms with Crippen molar-refractivity contribution >= 4 is 0 Å². The van der Waals surface area contributed by atoms with Gasteiger partial charge in [-0.15, -0.1) is 0 Å². The molecule has 2 saturated carbocycles. The standard InChI is InChI=1S/C16H23NO2/c1-15(2)10-7-8-16(15,3)13-12(10)17-14(18-13)9-5-4-6-11(9)19-17/h4,6,9-14H,5,7-8H2,1-3H3/t9-,10-,11+,12-,13-,14+,16+/m1/s1. The van der Waals surface area contributed by atoms with Gasteiger partial charge in [0.05, 0.1) is 12.1 Å². The zero-order valence-corrected chi connectivity index (χ0v) is 12.0. The van der Waals surface area contributed by atoms with Crippen LogP contribution in [0.25, 0.3) is 0 Å². The van der Waals surface area contributed by atoms with Gasteiger partial charge in [-0.2, -0.15) is 5.06 Å². The lowest BCUT2D eigenvalue weighted by Gasteiger charge is -2.38. The molecule has 0 spiro atoms. The molecule has 0 amide bonds. The first kappa shape index (κ1) is 11.3. The molecule has 3 aliphatic carbocycles. The predicted octanol–water partition coefficient (Wildman–Crippen LogP) is 2.73. The van der Waals surface area contributed by atoms with Crippen molar-refractivity contribution in [3.05, 3.63) is 12.2 Å². The second-order valence-electron chi connectivity index (χ2n) is 7.98. The van der Waals surface area contributed by atoms with Gasteiger partial charge in [0.15, 0.2) is 0 Å². The Hall–Kier alpha value is -0.380. The number of hydrogen-bond donors (Lipinski definition) is 0. The van der Waals surface area contributed by atoms with Crippen LogP contribution in [-0.2, 0) is 9.57 Å². The summed E-state index contributed by atoms with van der Waals surface area (Å²) < 4.78 is 6.56. The van der Waals surface area contributed by atoms with Gasteiger partial charge in [-0.1, -0.05) is 32.9 Å². The summed E-state index contributed by atoms with van der Waals surface area (Å²) in [6.07, 6.45) is 9.13. The van der Waals surface area contributed by atoms with Crippen LogP contribution in [0.15, 0.2) is 12.2 Å². The van der Waals surface area contributed by atoms with Gasteiger partial charge in [-0.3, -0.25) is 4.84 Å². The lowest BCUT2D eigenvalue weighted by Crippen LogP contribution is -2.42. The van der Waals surface area contributed by atoms with Crippen LogP contribution >= 0.6 is 0 Å². The average Bonchev–Trinajstić information content (AvgIpc) is 3.04. The van der Waals surface area contributed by atoms with Gasteiger partial charge >= 0.3 is 0 Å². The number of nitrogens with zero attached hydrogens (tertiary/aromatic N) is 1. The van der Waals surface area contributed by atoms with Crippen molar-refractivity contribution in [2.75, 3.05) is 0 Å². The van der Waals surface area contributed by atoms with Crippen molar-refractivity contribution in [2.45, 2.75) is 64.5 Å². The first-order valence-electron chi connectivity index (χ1n) is 7.81. The third-order valence-electron chi connectivity index (χ3n) is 7.32. The molecule has 0 aromatic heterocycles. The number of fused-ring (bicyclic) bond motifs is 9. The normalized spacial score (nSPS) is 60.6. The highest BCUT2D eigenvalue weighted by Crippen LogP contribution is 2.70. The lowest BCUT2D eigenvalue weighted by atomic mass is 9.70. The topological polar surface area (TPSA) is 21.7 Å². The molecule has 3 nitrogen and oxygen atoms in total. The first-order valence-corrected chi connectivity index (χ1v) is 7.81. The summed E-state index contributed by atoms with van der Waals surface area (Å²) in [6, 6.07) is 0.498. The van der Waals surface area contributed by atoms with E-state index in [4.69, 9.17) is 9.57 Å². The van der Waals surface area contributed by atoms with E-state index < -0.39 is 0 Å². The van der Waals surface area contributed by atoms with E-state index in [2.05, 4.69) is 38.0 Å². The number of rotatable bonds is 0. The SMILES string of the molecule is CC1(C)[C@@H]2CC[C@@]1(C)[C@@H]1O[C@H]3[C@@H]4CC=C[C@@H]4ON3[C@H]21. The summed E-state index contributed by atoms with van der Waals surface area (Å²) in [4.78, 5) is 6.24. The minimum atomic E-state index is 0.214. The number of hydroxylamine groups is 2. The fourth-order valence-electron chi connectivity index (χ4n) is 5.78. The molecule has 2 heterocycles. The number of hydrogen-bond acceptors (Lipinski definition) is 3. The van der Waals surface area contributed by atoms with Crippen molar-refractivity contribution in [2.24, 2.45) is 22.7 Å². The van der Waals surface area contributed by atoms with Crippen LogP contribution < -0.4 is 0 Å². The summed E-state index contributed by atoms with van der Waals surface area (Å²) in [5, 5.41) is 2.26. The largest absolute Gasteiger partial charge is 0.355 e. The zero-order valence-electron chi connectivity index (χ0n) is 12.0. The molecule has 3 heteroatoms. The van der Waals surface area contributed by atoms with Crippen molar-refractivity contribution in [3.8, 4) is 0 Å². The van der Waals surface area contributed by atoms with Gasteiger partial charge in [0.2, 0.25) is 0 Å². The van der Waals surface area contributed by atoms with Crippen LogP contribution in [0.4, 0.5) is 0 Å².